The molecular formula is C18H18N4O2. The third-order valence-electron chi connectivity index (χ3n) is 4.35. The Hall–Kier alpha value is -2.86. The number of nitrogen functional groups attached to an aromatic ring is 1. The molecule has 1 aromatic heterocycles. The summed E-state index contributed by atoms with van der Waals surface area (Å²) in [6.07, 6.45) is 0. The summed E-state index contributed by atoms with van der Waals surface area (Å²) in [7, 11) is 0. The van der Waals surface area contributed by atoms with Crippen molar-refractivity contribution in [1.82, 2.24) is 10.2 Å². The Morgan fingerprint density at radius 1 is 1.08 bits per heavy atom. The van der Waals surface area contributed by atoms with Crippen LogP contribution < -0.4 is 16.2 Å². The number of fused-ring (bicyclic) bond motifs is 1. The van der Waals surface area contributed by atoms with E-state index < -0.39 is 0 Å². The van der Waals surface area contributed by atoms with Gasteiger partial charge >= 0.3 is 0 Å². The molecule has 0 spiro atoms. The normalized spacial score (nSPS) is 14.9. The van der Waals surface area contributed by atoms with Crippen molar-refractivity contribution in [3.8, 4) is 11.3 Å². The number of benzene rings is 2. The number of rotatable bonds is 2. The number of morpholine rings is 1. The van der Waals surface area contributed by atoms with Crippen LogP contribution in [-0.2, 0) is 4.74 Å². The Morgan fingerprint density at radius 3 is 2.58 bits per heavy atom. The average Bonchev–Trinajstić information content (AvgIpc) is 2.63. The van der Waals surface area contributed by atoms with Gasteiger partial charge in [0.05, 0.1) is 35.7 Å². The minimum atomic E-state index is -0.188. The second-order valence-electron chi connectivity index (χ2n) is 5.82. The largest absolute Gasteiger partial charge is 0.397 e. The molecule has 1 fully saturated rings. The molecule has 1 aliphatic rings. The first-order chi connectivity index (χ1) is 11.7. The summed E-state index contributed by atoms with van der Waals surface area (Å²) >= 11 is 0. The summed E-state index contributed by atoms with van der Waals surface area (Å²) < 4.78 is 5.39. The molecule has 1 saturated heterocycles. The molecular weight excluding hydrogens is 304 g/mol. The highest BCUT2D eigenvalue weighted by atomic mass is 16.5. The van der Waals surface area contributed by atoms with Crippen molar-refractivity contribution in [2.45, 2.75) is 0 Å². The SMILES string of the molecule is Nc1cc(-c2n[nH]c(=O)c3ccccc23)ccc1N1CCOCC1. The van der Waals surface area contributed by atoms with E-state index in [1.165, 1.54) is 0 Å². The Kier molecular flexibility index (Phi) is 3.66. The quantitative estimate of drug-likeness (QED) is 0.705. The fraction of sp³-hybridized carbons (Fsp3) is 0.222. The monoisotopic (exact) mass is 322 g/mol. The number of aromatic nitrogens is 2. The van der Waals surface area contributed by atoms with Gasteiger partial charge in [0, 0.05) is 24.0 Å². The molecule has 24 heavy (non-hydrogen) atoms. The van der Waals surface area contributed by atoms with Gasteiger partial charge in [-0.3, -0.25) is 4.79 Å². The molecule has 122 valence electrons. The zero-order valence-corrected chi connectivity index (χ0v) is 13.2. The number of hydrogen-bond acceptors (Lipinski definition) is 5. The zero-order chi connectivity index (χ0) is 16.5. The predicted octanol–water partition coefficient (Wildman–Crippen LogP) is 2.01. The van der Waals surface area contributed by atoms with Gasteiger partial charge in [0.15, 0.2) is 0 Å². The number of H-pyrrole nitrogens is 1. The van der Waals surface area contributed by atoms with Crippen LogP contribution in [0.4, 0.5) is 11.4 Å². The number of nitrogens with two attached hydrogens (primary N) is 1. The van der Waals surface area contributed by atoms with E-state index in [1.54, 1.807) is 6.07 Å². The highest BCUT2D eigenvalue weighted by Crippen LogP contribution is 2.31. The highest BCUT2D eigenvalue weighted by Gasteiger charge is 2.15. The van der Waals surface area contributed by atoms with Crippen LogP contribution >= 0.6 is 0 Å². The van der Waals surface area contributed by atoms with Gasteiger partial charge in [0.25, 0.3) is 5.56 Å². The molecule has 0 bridgehead atoms. The molecule has 0 saturated carbocycles. The van der Waals surface area contributed by atoms with Crippen molar-refractivity contribution < 1.29 is 4.74 Å². The third-order valence-corrected chi connectivity index (χ3v) is 4.35. The maximum atomic E-state index is 11.9. The second-order valence-corrected chi connectivity index (χ2v) is 5.82. The van der Waals surface area contributed by atoms with Crippen LogP contribution in [0.25, 0.3) is 22.0 Å². The van der Waals surface area contributed by atoms with E-state index in [1.807, 2.05) is 36.4 Å². The Morgan fingerprint density at radius 2 is 1.83 bits per heavy atom. The van der Waals surface area contributed by atoms with Gasteiger partial charge in [-0.25, -0.2) is 5.10 Å². The Bertz CT molecular complexity index is 945. The number of aromatic amines is 1. The molecule has 0 radical (unpaired) electrons. The van der Waals surface area contributed by atoms with Crippen LogP contribution in [0.3, 0.4) is 0 Å². The van der Waals surface area contributed by atoms with Crippen molar-refractivity contribution in [2.75, 3.05) is 36.9 Å². The van der Waals surface area contributed by atoms with Gasteiger partial charge < -0.3 is 15.4 Å². The number of ether oxygens (including phenoxy) is 1. The van der Waals surface area contributed by atoms with Crippen molar-refractivity contribution in [3.05, 3.63) is 52.8 Å². The molecule has 0 unspecified atom stereocenters. The molecule has 0 amide bonds. The Balaban J connectivity index is 1.79. The van der Waals surface area contributed by atoms with Crippen LogP contribution in [0, 0.1) is 0 Å². The van der Waals surface area contributed by atoms with E-state index >= 15 is 0 Å². The lowest BCUT2D eigenvalue weighted by molar-refractivity contribution is 0.123. The lowest BCUT2D eigenvalue weighted by Gasteiger charge is -2.30. The lowest BCUT2D eigenvalue weighted by Crippen LogP contribution is -2.36. The minimum Gasteiger partial charge on any atom is -0.397 e. The van der Waals surface area contributed by atoms with E-state index in [0.717, 1.165) is 35.4 Å². The summed E-state index contributed by atoms with van der Waals surface area (Å²) in [6.45, 7) is 3.10. The number of hydrogen-bond donors (Lipinski definition) is 2. The second kappa shape index (κ2) is 5.98. The first-order valence-corrected chi connectivity index (χ1v) is 7.94. The van der Waals surface area contributed by atoms with Gasteiger partial charge in [-0.05, 0) is 18.2 Å². The van der Waals surface area contributed by atoms with E-state index in [2.05, 4.69) is 15.1 Å². The van der Waals surface area contributed by atoms with E-state index in [4.69, 9.17) is 10.5 Å². The maximum Gasteiger partial charge on any atom is 0.272 e. The van der Waals surface area contributed by atoms with Crippen molar-refractivity contribution in [3.63, 3.8) is 0 Å². The number of anilines is 2. The molecule has 4 rings (SSSR count). The lowest BCUT2D eigenvalue weighted by atomic mass is 10.0. The molecule has 1 aliphatic heterocycles. The van der Waals surface area contributed by atoms with E-state index in [-0.39, 0.29) is 5.56 Å². The van der Waals surface area contributed by atoms with Crippen molar-refractivity contribution in [1.29, 1.82) is 0 Å². The van der Waals surface area contributed by atoms with E-state index in [0.29, 0.717) is 24.3 Å². The minimum absolute atomic E-state index is 0.188. The van der Waals surface area contributed by atoms with Crippen molar-refractivity contribution >= 4 is 22.1 Å². The molecule has 3 aromatic rings. The summed E-state index contributed by atoms with van der Waals surface area (Å²) in [4.78, 5) is 14.2. The summed E-state index contributed by atoms with van der Waals surface area (Å²) in [5, 5.41) is 8.24. The fourth-order valence-electron chi connectivity index (χ4n) is 3.13. The first kappa shape index (κ1) is 14.7. The standard InChI is InChI=1S/C18H18N4O2/c19-15-11-12(5-6-16(15)22-7-9-24-10-8-22)17-13-3-1-2-4-14(13)18(23)21-20-17/h1-6,11H,7-10,19H2,(H,21,23). The molecule has 2 aromatic carbocycles. The van der Waals surface area contributed by atoms with Crippen LogP contribution in [0.1, 0.15) is 0 Å². The molecule has 0 aliphatic carbocycles. The van der Waals surface area contributed by atoms with Gasteiger partial charge in [-0.1, -0.05) is 24.3 Å². The van der Waals surface area contributed by atoms with Crippen LogP contribution in [0.15, 0.2) is 47.3 Å². The third kappa shape index (κ3) is 2.51. The molecule has 0 atom stereocenters. The topological polar surface area (TPSA) is 84.2 Å². The van der Waals surface area contributed by atoms with Crippen LogP contribution in [-0.4, -0.2) is 36.5 Å². The molecule has 2 heterocycles. The number of nitrogens with zero attached hydrogens (tertiary/aromatic N) is 2. The fourth-order valence-corrected chi connectivity index (χ4v) is 3.13. The van der Waals surface area contributed by atoms with Crippen LogP contribution in [0.2, 0.25) is 0 Å². The van der Waals surface area contributed by atoms with Gasteiger partial charge in [-0.2, -0.15) is 5.10 Å². The molecule has 6 nitrogen and oxygen atoms in total. The van der Waals surface area contributed by atoms with Gasteiger partial charge in [0.1, 0.15) is 0 Å². The van der Waals surface area contributed by atoms with Gasteiger partial charge in [-0.15, -0.1) is 0 Å². The Labute approximate surface area is 138 Å². The van der Waals surface area contributed by atoms with E-state index in [9.17, 15) is 4.79 Å². The average molecular weight is 322 g/mol. The summed E-state index contributed by atoms with van der Waals surface area (Å²) in [5.41, 5.74) is 9.42. The van der Waals surface area contributed by atoms with Crippen LogP contribution in [0.5, 0.6) is 0 Å². The highest BCUT2D eigenvalue weighted by molar-refractivity contribution is 5.94. The number of nitrogens with one attached hydrogen (secondary N) is 1. The maximum absolute atomic E-state index is 11.9. The summed E-state index contributed by atoms with van der Waals surface area (Å²) in [6, 6.07) is 13.4. The summed E-state index contributed by atoms with van der Waals surface area (Å²) in [5.74, 6) is 0. The first-order valence-electron chi connectivity index (χ1n) is 7.94. The predicted molar refractivity (Wildman–Crippen MR) is 95.2 cm³/mol. The smallest absolute Gasteiger partial charge is 0.272 e. The molecule has 6 heteroatoms. The molecule has 3 N–H and O–H groups in total. The van der Waals surface area contributed by atoms with Crippen molar-refractivity contribution in [2.24, 2.45) is 0 Å². The van der Waals surface area contributed by atoms with Gasteiger partial charge in [0.2, 0.25) is 0 Å². The zero-order valence-electron chi connectivity index (χ0n) is 13.2.